The van der Waals surface area contributed by atoms with Gasteiger partial charge in [0.1, 0.15) is 11.6 Å². The molecule has 0 radical (unpaired) electrons. The molecule has 0 atom stereocenters. The molecule has 0 saturated heterocycles. The molecule has 0 spiro atoms. The molecular formula is C13H10FNO4. The fraction of sp³-hybridized carbons (Fsp3) is 0.0769. The summed E-state index contributed by atoms with van der Waals surface area (Å²) in [6.45, 7) is -0.278. The van der Waals surface area contributed by atoms with Crippen LogP contribution in [0.3, 0.4) is 0 Å². The number of hydrogen-bond donors (Lipinski definition) is 1. The molecule has 1 N–H and O–H groups in total. The molecular weight excluding hydrogens is 253 g/mol. The predicted molar refractivity (Wildman–Crippen MR) is 65.5 cm³/mol. The third-order valence-corrected chi connectivity index (χ3v) is 2.48. The Kier molecular flexibility index (Phi) is 3.72. The van der Waals surface area contributed by atoms with E-state index in [2.05, 4.69) is 0 Å². The van der Waals surface area contributed by atoms with Gasteiger partial charge in [0.2, 0.25) is 5.75 Å². The first-order valence-electron chi connectivity index (χ1n) is 5.42. The lowest BCUT2D eigenvalue weighted by Crippen LogP contribution is -1.96. The Balaban J connectivity index is 2.42. The van der Waals surface area contributed by atoms with E-state index in [-0.39, 0.29) is 23.8 Å². The standard InChI is InChI=1S/C13H10FNO4/c14-10-5-6-11(15(17)18)13(7-10)19-12-4-2-1-3-9(12)8-16/h1-7,16H,8H2. The molecule has 0 unspecified atom stereocenters. The van der Waals surface area contributed by atoms with Crippen molar-refractivity contribution in [2.75, 3.05) is 0 Å². The van der Waals surface area contributed by atoms with Crippen molar-refractivity contribution in [1.29, 1.82) is 0 Å². The van der Waals surface area contributed by atoms with Crippen LogP contribution >= 0.6 is 0 Å². The molecule has 0 saturated carbocycles. The number of nitro groups is 1. The van der Waals surface area contributed by atoms with Crippen molar-refractivity contribution in [3.63, 3.8) is 0 Å². The minimum atomic E-state index is -0.656. The van der Waals surface area contributed by atoms with Crippen LogP contribution in [-0.2, 0) is 6.61 Å². The second kappa shape index (κ2) is 5.45. The summed E-state index contributed by atoms with van der Waals surface area (Å²) in [5.74, 6) is -0.591. The zero-order valence-corrected chi connectivity index (χ0v) is 9.75. The van der Waals surface area contributed by atoms with Gasteiger partial charge in [-0.1, -0.05) is 18.2 Å². The Morgan fingerprint density at radius 2 is 1.95 bits per heavy atom. The zero-order valence-electron chi connectivity index (χ0n) is 9.75. The van der Waals surface area contributed by atoms with Crippen LogP contribution in [0, 0.1) is 15.9 Å². The maximum atomic E-state index is 13.1. The van der Waals surface area contributed by atoms with E-state index >= 15 is 0 Å². The van der Waals surface area contributed by atoms with Crippen molar-refractivity contribution < 1.29 is 19.2 Å². The molecule has 0 fully saturated rings. The quantitative estimate of drug-likeness (QED) is 0.679. The SMILES string of the molecule is O=[N+]([O-])c1ccc(F)cc1Oc1ccccc1CO. The number of rotatable bonds is 4. The number of hydrogen-bond acceptors (Lipinski definition) is 4. The van der Waals surface area contributed by atoms with Gasteiger partial charge in [-0.2, -0.15) is 0 Å². The lowest BCUT2D eigenvalue weighted by Gasteiger charge is -2.09. The first-order valence-corrected chi connectivity index (χ1v) is 5.42. The summed E-state index contributed by atoms with van der Waals surface area (Å²) in [6, 6.07) is 9.46. The molecule has 5 nitrogen and oxygen atoms in total. The fourth-order valence-electron chi connectivity index (χ4n) is 1.57. The summed E-state index contributed by atoms with van der Waals surface area (Å²) in [5.41, 5.74) is 0.121. The van der Waals surface area contributed by atoms with Gasteiger partial charge in [-0.15, -0.1) is 0 Å². The predicted octanol–water partition coefficient (Wildman–Crippen LogP) is 3.02. The summed E-state index contributed by atoms with van der Waals surface area (Å²) in [4.78, 5) is 10.2. The maximum absolute atomic E-state index is 13.1. The van der Waals surface area contributed by atoms with Gasteiger partial charge >= 0.3 is 5.69 Å². The van der Waals surface area contributed by atoms with Gasteiger partial charge in [0, 0.05) is 17.7 Å². The smallest absolute Gasteiger partial charge is 0.311 e. The summed E-state index contributed by atoms with van der Waals surface area (Å²) >= 11 is 0. The van der Waals surface area contributed by atoms with Gasteiger partial charge in [0.05, 0.1) is 11.5 Å². The number of para-hydroxylation sites is 1. The lowest BCUT2D eigenvalue weighted by atomic mass is 10.2. The first-order chi connectivity index (χ1) is 9.11. The number of halogens is 1. The zero-order chi connectivity index (χ0) is 13.8. The third kappa shape index (κ3) is 2.86. The highest BCUT2D eigenvalue weighted by molar-refractivity contribution is 5.49. The number of aliphatic hydroxyl groups excluding tert-OH is 1. The molecule has 0 amide bonds. The van der Waals surface area contributed by atoms with Gasteiger partial charge in [-0.25, -0.2) is 4.39 Å². The number of benzene rings is 2. The molecule has 0 aromatic heterocycles. The average Bonchev–Trinajstić information content (AvgIpc) is 2.39. The number of nitro benzene ring substituents is 1. The topological polar surface area (TPSA) is 72.6 Å². The van der Waals surface area contributed by atoms with Crippen LogP contribution in [0.2, 0.25) is 0 Å². The van der Waals surface area contributed by atoms with E-state index in [0.717, 1.165) is 18.2 Å². The van der Waals surface area contributed by atoms with Crippen LogP contribution in [0.25, 0.3) is 0 Å². The molecule has 6 heteroatoms. The van der Waals surface area contributed by atoms with Crippen molar-refractivity contribution in [3.8, 4) is 11.5 Å². The molecule has 98 valence electrons. The molecule has 0 bridgehead atoms. The van der Waals surface area contributed by atoms with Gasteiger partial charge in [0.15, 0.2) is 0 Å². The van der Waals surface area contributed by atoms with Crippen molar-refractivity contribution in [2.24, 2.45) is 0 Å². The summed E-state index contributed by atoms with van der Waals surface area (Å²) in [5, 5.41) is 20.0. The van der Waals surface area contributed by atoms with Crippen LogP contribution in [0.1, 0.15) is 5.56 Å². The highest BCUT2D eigenvalue weighted by Crippen LogP contribution is 2.33. The minimum Gasteiger partial charge on any atom is -0.450 e. The molecule has 0 aliphatic carbocycles. The highest BCUT2D eigenvalue weighted by Gasteiger charge is 2.17. The van der Waals surface area contributed by atoms with Gasteiger partial charge in [-0.05, 0) is 12.1 Å². The Morgan fingerprint density at radius 3 is 2.63 bits per heavy atom. The van der Waals surface area contributed by atoms with E-state index in [4.69, 9.17) is 9.84 Å². The lowest BCUT2D eigenvalue weighted by molar-refractivity contribution is -0.385. The molecule has 2 aromatic rings. The van der Waals surface area contributed by atoms with Crippen molar-refractivity contribution in [1.82, 2.24) is 0 Å². The van der Waals surface area contributed by atoms with Crippen molar-refractivity contribution >= 4 is 5.69 Å². The summed E-state index contributed by atoms with van der Waals surface area (Å²) in [6.07, 6.45) is 0. The van der Waals surface area contributed by atoms with Gasteiger partial charge < -0.3 is 9.84 Å². The van der Waals surface area contributed by atoms with Crippen LogP contribution in [0.15, 0.2) is 42.5 Å². The van der Waals surface area contributed by atoms with Crippen molar-refractivity contribution in [3.05, 3.63) is 64.0 Å². The fourth-order valence-corrected chi connectivity index (χ4v) is 1.57. The molecule has 19 heavy (non-hydrogen) atoms. The van der Waals surface area contributed by atoms with E-state index in [1.54, 1.807) is 24.3 Å². The summed E-state index contributed by atoms with van der Waals surface area (Å²) in [7, 11) is 0. The monoisotopic (exact) mass is 263 g/mol. The highest BCUT2D eigenvalue weighted by atomic mass is 19.1. The second-order valence-electron chi connectivity index (χ2n) is 3.74. The molecule has 2 aromatic carbocycles. The van der Waals surface area contributed by atoms with Crippen molar-refractivity contribution in [2.45, 2.75) is 6.61 Å². The Bertz CT molecular complexity index is 615. The largest absolute Gasteiger partial charge is 0.450 e. The molecule has 0 aliphatic heterocycles. The first kappa shape index (κ1) is 13.0. The van der Waals surface area contributed by atoms with Crippen LogP contribution in [-0.4, -0.2) is 10.0 Å². The Labute approximate surface area is 108 Å². The molecule has 0 aliphatic rings. The number of ether oxygens (including phenoxy) is 1. The average molecular weight is 263 g/mol. The van der Waals surface area contributed by atoms with Gasteiger partial charge in [0.25, 0.3) is 0 Å². The second-order valence-corrected chi connectivity index (χ2v) is 3.74. The van der Waals surface area contributed by atoms with E-state index in [1.165, 1.54) is 0 Å². The maximum Gasteiger partial charge on any atom is 0.311 e. The van der Waals surface area contributed by atoms with Crippen LogP contribution in [0.4, 0.5) is 10.1 Å². The molecule has 2 rings (SSSR count). The van der Waals surface area contributed by atoms with Crippen LogP contribution in [0.5, 0.6) is 11.5 Å². The normalized spacial score (nSPS) is 10.2. The van der Waals surface area contributed by atoms with E-state index < -0.39 is 10.7 Å². The number of nitrogens with zero attached hydrogens (tertiary/aromatic N) is 1. The van der Waals surface area contributed by atoms with E-state index in [1.807, 2.05) is 0 Å². The van der Waals surface area contributed by atoms with Crippen LogP contribution < -0.4 is 4.74 Å². The van der Waals surface area contributed by atoms with E-state index in [0.29, 0.717) is 5.56 Å². The Hall–Kier alpha value is -2.47. The Morgan fingerprint density at radius 1 is 1.21 bits per heavy atom. The number of aliphatic hydroxyl groups is 1. The van der Waals surface area contributed by atoms with E-state index in [9.17, 15) is 14.5 Å². The summed E-state index contributed by atoms with van der Waals surface area (Å²) < 4.78 is 18.5. The minimum absolute atomic E-state index is 0.203. The van der Waals surface area contributed by atoms with Gasteiger partial charge in [-0.3, -0.25) is 10.1 Å². The molecule has 0 heterocycles. The third-order valence-electron chi connectivity index (χ3n) is 2.48.